The Kier molecular flexibility index (Phi) is 33.1. The maximum Gasteiger partial charge on any atom is 0.132 e. The molecule has 6 atom stereocenters. The molecule has 6 rings (SSSR count). The largest absolute Gasteiger partial charge is 0.300 e. The van der Waals surface area contributed by atoms with Crippen LogP contribution in [0.3, 0.4) is 0 Å². The van der Waals surface area contributed by atoms with Gasteiger partial charge in [-0.3, -0.25) is 28.8 Å². The molecule has 6 heteroatoms. The fraction of sp³-hybridized carbons (Fsp3) is 0.417. The minimum Gasteiger partial charge on any atom is -0.300 e. The molecule has 0 fully saturated rings. The van der Waals surface area contributed by atoms with E-state index in [9.17, 15) is 28.8 Å². The number of Topliss-reactive ketones (excluding diaryl/α,β-unsaturated/α-hetero) is 6. The van der Waals surface area contributed by atoms with Crippen LogP contribution in [-0.2, 0) is 67.3 Å². The quantitative estimate of drug-likeness (QED) is 0.0850. The van der Waals surface area contributed by atoms with Gasteiger partial charge in [-0.05, 0) is 155 Å². The number of carbonyl (C=O) groups is 6. The second kappa shape index (κ2) is 37.2. The van der Waals surface area contributed by atoms with Crippen molar-refractivity contribution in [3.63, 3.8) is 0 Å². The third-order valence-corrected chi connectivity index (χ3v) is 14.1. The van der Waals surface area contributed by atoms with Crippen molar-refractivity contribution in [2.24, 2.45) is 35.5 Å². The molecule has 0 aliphatic carbocycles. The minimum absolute atomic E-state index is 0.141. The smallest absolute Gasteiger partial charge is 0.132 e. The Morgan fingerprint density at radius 2 is 0.308 bits per heavy atom. The van der Waals surface area contributed by atoms with E-state index < -0.39 is 0 Å². The first kappa shape index (κ1) is 69.4. The number of carbonyl (C=O) groups excluding carboxylic acids is 6. The molecule has 0 amide bonds. The summed E-state index contributed by atoms with van der Waals surface area (Å²) in [4.78, 5) is 66.1. The van der Waals surface area contributed by atoms with E-state index in [1.54, 1.807) is 41.5 Å². The van der Waals surface area contributed by atoms with Crippen LogP contribution in [0, 0.1) is 77.0 Å². The van der Waals surface area contributed by atoms with Crippen LogP contribution in [0.4, 0.5) is 0 Å². The number of aryl methyl sites for hydroxylation is 6. The van der Waals surface area contributed by atoms with Crippen LogP contribution in [0.5, 0.6) is 0 Å². The fourth-order valence-electron chi connectivity index (χ4n) is 7.33. The molecule has 0 N–H and O–H groups in total. The standard InChI is InChI=1S/6C12H16O/c6*1-9-4-6-12(7-5-9)8-10(2)11(3)13/h6*4-7,10H,8H2,1-3H3/t6*10-/m111111/s1. The lowest BCUT2D eigenvalue weighted by Crippen LogP contribution is -2.09. The van der Waals surface area contributed by atoms with Crippen LogP contribution in [0.2, 0.25) is 0 Å². The molecule has 0 aromatic heterocycles. The first-order chi connectivity index (χ1) is 36.6. The first-order valence-corrected chi connectivity index (χ1v) is 27.9. The molecular weight excluding hydrogens is 961 g/mol. The zero-order chi connectivity index (χ0) is 59.1. The number of rotatable bonds is 18. The highest BCUT2D eigenvalue weighted by molar-refractivity contribution is 5.80. The number of ketones is 6. The zero-order valence-electron chi connectivity index (χ0n) is 51.0. The summed E-state index contributed by atoms with van der Waals surface area (Å²) in [6.45, 7) is 34.2. The van der Waals surface area contributed by atoms with Crippen molar-refractivity contribution >= 4 is 34.7 Å². The zero-order valence-corrected chi connectivity index (χ0v) is 51.0. The van der Waals surface area contributed by atoms with Crippen LogP contribution >= 0.6 is 0 Å². The van der Waals surface area contributed by atoms with Crippen molar-refractivity contribution in [3.05, 3.63) is 212 Å². The molecule has 78 heavy (non-hydrogen) atoms. The van der Waals surface area contributed by atoms with Crippen molar-refractivity contribution < 1.29 is 28.8 Å². The van der Waals surface area contributed by atoms with Crippen molar-refractivity contribution in [1.29, 1.82) is 0 Å². The molecule has 0 aliphatic rings. The Labute approximate surface area is 472 Å². The summed E-state index contributed by atoms with van der Waals surface area (Å²) in [6.07, 6.45) is 5.14. The van der Waals surface area contributed by atoms with Gasteiger partial charge >= 0.3 is 0 Å². The molecule has 6 aromatic carbocycles. The predicted octanol–water partition coefficient (Wildman–Crippen LogP) is 16.6. The normalized spacial score (nSPS) is 12.5. The van der Waals surface area contributed by atoms with E-state index in [-0.39, 0.29) is 70.2 Å². The third kappa shape index (κ3) is 31.5. The minimum atomic E-state index is 0.141. The number of hydrogen-bond donors (Lipinski definition) is 0. The molecule has 0 saturated heterocycles. The average molecular weight is 1060 g/mol. The van der Waals surface area contributed by atoms with Gasteiger partial charge < -0.3 is 0 Å². The van der Waals surface area contributed by atoms with Crippen molar-refractivity contribution in [1.82, 2.24) is 0 Å². The topological polar surface area (TPSA) is 102 Å². The first-order valence-electron chi connectivity index (χ1n) is 27.9. The lowest BCUT2D eigenvalue weighted by atomic mass is 9.97. The van der Waals surface area contributed by atoms with Gasteiger partial charge in [-0.1, -0.05) is 221 Å². The summed E-state index contributed by atoms with van der Waals surface area (Å²) in [7, 11) is 0. The lowest BCUT2D eigenvalue weighted by molar-refractivity contribution is -0.121. The van der Waals surface area contributed by atoms with E-state index in [0.29, 0.717) is 0 Å². The highest BCUT2D eigenvalue weighted by Crippen LogP contribution is 2.15. The Morgan fingerprint density at radius 1 is 0.218 bits per heavy atom. The van der Waals surface area contributed by atoms with Gasteiger partial charge in [0.15, 0.2) is 0 Å². The maximum absolute atomic E-state index is 11.0. The predicted molar refractivity (Wildman–Crippen MR) is 328 cm³/mol. The van der Waals surface area contributed by atoms with Crippen LogP contribution < -0.4 is 0 Å². The average Bonchev–Trinajstić information content (AvgIpc) is 3.38. The molecular formula is C72H96O6. The molecule has 0 radical (unpaired) electrons. The second-order valence-electron chi connectivity index (χ2n) is 22.2. The Hall–Kier alpha value is -6.66. The van der Waals surface area contributed by atoms with Gasteiger partial charge in [-0.25, -0.2) is 0 Å². The summed E-state index contributed by atoms with van der Waals surface area (Å²) >= 11 is 0. The van der Waals surface area contributed by atoms with E-state index in [0.717, 1.165) is 38.5 Å². The maximum atomic E-state index is 11.0. The van der Waals surface area contributed by atoms with Gasteiger partial charge in [-0.15, -0.1) is 0 Å². The van der Waals surface area contributed by atoms with Crippen molar-refractivity contribution in [3.8, 4) is 0 Å². The molecule has 6 nitrogen and oxygen atoms in total. The summed E-state index contributed by atoms with van der Waals surface area (Å²) < 4.78 is 0. The molecule has 6 aromatic rings. The summed E-state index contributed by atoms with van der Waals surface area (Å²) in [6, 6.07) is 50.1. The third-order valence-electron chi connectivity index (χ3n) is 14.1. The van der Waals surface area contributed by atoms with Crippen LogP contribution in [0.25, 0.3) is 0 Å². The summed E-state index contributed by atoms with van der Waals surface area (Å²) in [5.41, 5.74) is 15.0. The Morgan fingerprint density at radius 3 is 0.385 bits per heavy atom. The van der Waals surface area contributed by atoms with Crippen molar-refractivity contribution in [2.45, 2.75) is 163 Å². The summed E-state index contributed by atoms with van der Waals surface area (Å²) in [5, 5.41) is 0. The van der Waals surface area contributed by atoms with E-state index in [2.05, 4.69) is 187 Å². The van der Waals surface area contributed by atoms with Crippen LogP contribution in [0.15, 0.2) is 146 Å². The Bertz CT molecular complexity index is 2200. The van der Waals surface area contributed by atoms with E-state index in [1.165, 1.54) is 66.8 Å². The van der Waals surface area contributed by atoms with E-state index in [1.807, 2.05) is 41.5 Å². The van der Waals surface area contributed by atoms with Crippen LogP contribution in [-0.4, -0.2) is 34.7 Å². The fourth-order valence-corrected chi connectivity index (χ4v) is 7.33. The van der Waals surface area contributed by atoms with Gasteiger partial charge in [0.25, 0.3) is 0 Å². The van der Waals surface area contributed by atoms with Crippen molar-refractivity contribution in [2.75, 3.05) is 0 Å². The highest BCUT2D eigenvalue weighted by Gasteiger charge is 2.12. The van der Waals surface area contributed by atoms with Gasteiger partial charge in [0.05, 0.1) is 0 Å². The molecule has 0 heterocycles. The van der Waals surface area contributed by atoms with Gasteiger partial charge in [0, 0.05) is 35.5 Å². The molecule has 0 unspecified atom stereocenters. The molecule has 0 aliphatic heterocycles. The van der Waals surface area contributed by atoms with E-state index in [4.69, 9.17) is 0 Å². The van der Waals surface area contributed by atoms with Crippen LogP contribution in [0.1, 0.15) is 150 Å². The summed E-state index contributed by atoms with van der Waals surface area (Å²) in [5.74, 6) is 2.43. The molecule has 0 bridgehead atoms. The lowest BCUT2D eigenvalue weighted by Gasteiger charge is -2.07. The highest BCUT2D eigenvalue weighted by atomic mass is 16.1. The Balaban J connectivity index is 0.000000468. The second-order valence-corrected chi connectivity index (χ2v) is 22.2. The van der Waals surface area contributed by atoms with Gasteiger partial charge in [-0.2, -0.15) is 0 Å². The number of hydrogen-bond acceptors (Lipinski definition) is 6. The van der Waals surface area contributed by atoms with Gasteiger partial charge in [0.2, 0.25) is 0 Å². The number of benzene rings is 6. The molecule has 0 saturated carbocycles. The SMILES string of the molecule is CC(=O)[C@H](C)Cc1ccc(C)cc1.CC(=O)[C@H](C)Cc1ccc(C)cc1.CC(=O)[C@H](C)Cc1ccc(C)cc1.CC(=O)[C@H](C)Cc1ccc(C)cc1.CC(=O)[C@H](C)Cc1ccc(C)cc1.CC(=O)[C@H](C)Cc1ccc(C)cc1. The van der Waals surface area contributed by atoms with Gasteiger partial charge in [0.1, 0.15) is 34.7 Å². The monoisotopic (exact) mass is 1060 g/mol. The molecule has 420 valence electrons. The molecule has 0 spiro atoms. The van der Waals surface area contributed by atoms with E-state index >= 15 is 0 Å².